The fourth-order valence-corrected chi connectivity index (χ4v) is 4.68. The van der Waals surface area contributed by atoms with E-state index in [-0.39, 0.29) is 44.3 Å². The van der Waals surface area contributed by atoms with Crippen molar-refractivity contribution < 1.29 is 19.8 Å². The minimum atomic E-state index is -0.640. The number of aliphatic hydroxyl groups is 2. The second-order valence-electron chi connectivity index (χ2n) is 10.9. The molecule has 0 atom stereocenters. The molecule has 0 fully saturated rings. The van der Waals surface area contributed by atoms with Crippen molar-refractivity contribution in [2.45, 2.75) is 48.5 Å². The van der Waals surface area contributed by atoms with Gasteiger partial charge in [-0.05, 0) is 107 Å². The molecular weight excluding hydrogens is 663 g/mol. The molecule has 0 heterocycles. The zero-order valence-corrected chi connectivity index (χ0v) is 29.8. The fourth-order valence-electron chi connectivity index (χ4n) is 4.24. The molecule has 0 aliphatic rings. The lowest BCUT2D eigenvalue weighted by atomic mass is 10.1. The van der Waals surface area contributed by atoms with E-state index in [1.165, 1.54) is 13.8 Å². The number of nitrogens with zero attached hydrogens (tertiary/aromatic N) is 4. The van der Waals surface area contributed by atoms with Gasteiger partial charge in [0.1, 0.15) is 22.9 Å². The number of aryl methyl sites for hydroxylation is 2. The van der Waals surface area contributed by atoms with Crippen LogP contribution >= 0.6 is 23.2 Å². The summed E-state index contributed by atoms with van der Waals surface area (Å²) in [6.45, 7) is 12.1. The van der Waals surface area contributed by atoms with Crippen LogP contribution in [0.5, 0.6) is 0 Å². The van der Waals surface area contributed by atoms with Crippen molar-refractivity contribution in [2.75, 3.05) is 5.32 Å². The highest BCUT2D eigenvalue weighted by Gasteiger charge is 2.17. The monoisotopic (exact) mass is 700 g/mol. The van der Waals surface area contributed by atoms with Crippen molar-refractivity contribution in [3.63, 3.8) is 0 Å². The molecule has 3 aromatic rings. The van der Waals surface area contributed by atoms with Crippen LogP contribution in [0.3, 0.4) is 0 Å². The number of anilines is 1. The van der Waals surface area contributed by atoms with Crippen molar-refractivity contribution in [2.24, 2.45) is 20.5 Å². The highest BCUT2D eigenvalue weighted by molar-refractivity contribution is 6.34. The van der Waals surface area contributed by atoms with Gasteiger partial charge in [0.25, 0.3) is 11.8 Å². The molecule has 3 aromatic carbocycles. The van der Waals surface area contributed by atoms with Crippen LogP contribution in [0.4, 0.5) is 17.1 Å². The van der Waals surface area contributed by atoms with Crippen LogP contribution in [-0.4, -0.2) is 22.0 Å². The van der Waals surface area contributed by atoms with E-state index in [0.29, 0.717) is 22.5 Å². The van der Waals surface area contributed by atoms with E-state index in [1.807, 2.05) is 58.9 Å². The Labute approximate surface area is 296 Å². The average Bonchev–Trinajstić information content (AvgIpc) is 3.05. The Morgan fingerprint density at radius 2 is 1.29 bits per heavy atom. The van der Waals surface area contributed by atoms with Crippen molar-refractivity contribution in [3.8, 4) is 11.1 Å². The molecule has 0 unspecified atom stereocenters. The number of azo groups is 2. The van der Waals surface area contributed by atoms with Gasteiger partial charge in [0.2, 0.25) is 0 Å². The number of hydrogen-bond donors (Lipinski definition) is 4. The van der Waals surface area contributed by atoms with Crippen LogP contribution in [0.25, 0.3) is 11.1 Å². The van der Waals surface area contributed by atoms with Crippen LogP contribution in [0.15, 0.2) is 134 Å². The Morgan fingerprint density at radius 1 is 0.755 bits per heavy atom. The van der Waals surface area contributed by atoms with Gasteiger partial charge in [0.05, 0.1) is 10.0 Å². The lowest BCUT2D eigenvalue weighted by Crippen LogP contribution is -2.25. The van der Waals surface area contributed by atoms with Crippen LogP contribution in [0, 0.1) is 13.8 Å². The third-order valence-corrected chi connectivity index (χ3v) is 7.66. The molecule has 0 radical (unpaired) electrons. The van der Waals surface area contributed by atoms with E-state index in [4.69, 9.17) is 23.2 Å². The lowest BCUT2D eigenvalue weighted by Gasteiger charge is -2.10. The van der Waals surface area contributed by atoms with Gasteiger partial charge in [0, 0.05) is 11.4 Å². The van der Waals surface area contributed by atoms with Gasteiger partial charge in [-0.15, -0.1) is 20.5 Å². The molecule has 254 valence electrons. The summed E-state index contributed by atoms with van der Waals surface area (Å²) in [6, 6.07) is 15.6. The maximum Gasteiger partial charge on any atom is 0.279 e. The molecule has 0 bridgehead atoms. The van der Waals surface area contributed by atoms with Gasteiger partial charge < -0.3 is 20.8 Å². The third-order valence-electron chi connectivity index (χ3n) is 7.05. The van der Waals surface area contributed by atoms with E-state index >= 15 is 0 Å². The van der Waals surface area contributed by atoms with Gasteiger partial charge in [-0.2, -0.15) is 0 Å². The zero-order valence-electron chi connectivity index (χ0n) is 28.3. The second-order valence-corrected chi connectivity index (χ2v) is 11.7. The third kappa shape index (κ3) is 10.6. The summed E-state index contributed by atoms with van der Waals surface area (Å²) < 4.78 is 0. The van der Waals surface area contributed by atoms with Crippen LogP contribution in [0.1, 0.15) is 45.7 Å². The minimum Gasteiger partial charge on any atom is -0.510 e. The maximum atomic E-state index is 13.0. The number of carbonyl (C=O) groups is 2. The van der Waals surface area contributed by atoms with Crippen molar-refractivity contribution in [1.29, 1.82) is 0 Å². The van der Waals surface area contributed by atoms with Gasteiger partial charge in [-0.3, -0.25) is 9.59 Å². The summed E-state index contributed by atoms with van der Waals surface area (Å²) in [7, 11) is 0. The highest BCUT2D eigenvalue weighted by atomic mass is 35.5. The number of amides is 2. The van der Waals surface area contributed by atoms with Gasteiger partial charge >= 0.3 is 0 Å². The molecule has 0 saturated heterocycles. The van der Waals surface area contributed by atoms with Gasteiger partial charge in [0.15, 0.2) is 11.4 Å². The topological polar surface area (TPSA) is 148 Å². The summed E-state index contributed by atoms with van der Waals surface area (Å²) in [6.07, 6.45) is 7.19. The predicted molar refractivity (Wildman–Crippen MR) is 197 cm³/mol. The first kappa shape index (κ1) is 38.1. The first-order valence-electron chi connectivity index (χ1n) is 15.1. The lowest BCUT2D eigenvalue weighted by molar-refractivity contribution is -0.117. The minimum absolute atomic E-state index is 0.234. The molecule has 12 heteroatoms. The van der Waals surface area contributed by atoms with Crippen molar-refractivity contribution in [3.05, 3.63) is 134 Å². The zero-order chi connectivity index (χ0) is 36.2. The Bertz CT molecular complexity index is 1960. The molecule has 10 nitrogen and oxygen atoms in total. The standard InChI is InChI=1S/C37H38Cl2N6O4/c1-8-10-11-30(22(4)9-2)40-36(48)34(24(6)46)44-42-32-16-13-26(19-28(32)38)27-14-17-33(29(39)20-27)43-45-35(25(7)47)37(49)41-31-15-12-21(3)18-23(31)5/h8-20,46-47H,1-7H3,(H,40,48)(H,41,49)/b10-8+,22-9-,30-11+,34-24-,35-25-,44-42?,45-43?. The van der Waals surface area contributed by atoms with E-state index in [1.54, 1.807) is 54.6 Å². The molecule has 2 amide bonds. The molecular formula is C37H38Cl2N6O4. The Balaban J connectivity index is 1.79. The molecule has 3 rings (SSSR count). The SMILES string of the molecule is C\C=C(C)/C(=C\C=C\C)NC(=O)/C(N=Nc1ccc(-c2ccc(N=N/C(C(=O)Nc3ccc(C)cc3C)=C(/C)O)c(Cl)c2)cc1Cl)=C(\C)O. The predicted octanol–water partition coefficient (Wildman–Crippen LogP) is 11.2. The fraction of sp³-hybridized carbons (Fsp3) is 0.189. The number of benzene rings is 3. The smallest absolute Gasteiger partial charge is 0.279 e. The number of rotatable bonds is 11. The Morgan fingerprint density at radius 3 is 1.73 bits per heavy atom. The second kappa shape index (κ2) is 17.7. The summed E-state index contributed by atoms with van der Waals surface area (Å²) in [5.74, 6) is -1.89. The van der Waals surface area contributed by atoms with Crippen LogP contribution in [-0.2, 0) is 9.59 Å². The number of aliphatic hydroxyl groups excluding tert-OH is 2. The van der Waals surface area contributed by atoms with Crippen molar-refractivity contribution >= 4 is 52.1 Å². The number of halogens is 2. The number of hydrogen-bond acceptors (Lipinski definition) is 8. The molecule has 0 aliphatic heterocycles. The quantitative estimate of drug-likeness (QED) is 0.0681. The molecule has 0 spiro atoms. The molecule has 0 saturated carbocycles. The first-order chi connectivity index (χ1) is 23.2. The highest BCUT2D eigenvalue weighted by Crippen LogP contribution is 2.35. The van der Waals surface area contributed by atoms with Crippen molar-refractivity contribution in [1.82, 2.24) is 5.32 Å². The number of nitrogens with one attached hydrogen (secondary N) is 2. The Hall–Kier alpha value is -5.32. The van der Waals surface area contributed by atoms with Gasteiger partial charge in [-0.1, -0.05) is 71.3 Å². The van der Waals surface area contributed by atoms with E-state index in [2.05, 4.69) is 31.1 Å². The van der Waals surface area contributed by atoms with Gasteiger partial charge in [-0.25, -0.2) is 0 Å². The summed E-state index contributed by atoms with van der Waals surface area (Å²) in [5.41, 5.74) is 5.27. The molecule has 0 aliphatic carbocycles. The molecule has 0 aromatic heterocycles. The molecule has 4 N–H and O–H groups in total. The summed E-state index contributed by atoms with van der Waals surface area (Å²) in [5, 5.41) is 42.5. The normalized spacial score (nSPS) is 13.6. The van der Waals surface area contributed by atoms with E-state index in [0.717, 1.165) is 16.7 Å². The summed E-state index contributed by atoms with van der Waals surface area (Å²) in [4.78, 5) is 25.8. The average molecular weight is 702 g/mol. The molecule has 49 heavy (non-hydrogen) atoms. The maximum absolute atomic E-state index is 13.0. The van der Waals surface area contributed by atoms with E-state index in [9.17, 15) is 19.8 Å². The van der Waals surface area contributed by atoms with E-state index < -0.39 is 11.8 Å². The number of allylic oxidation sites excluding steroid dienone is 7. The summed E-state index contributed by atoms with van der Waals surface area (Å²) >= 11 is 13.0. The van der Waals surface area contributed by atoms with Crippen LogP contribution in [0.2, 0.25) is 10.0 Å². The Kier molecular flexibility index (Phi) is 13.8. The van der Waals surface area contributed by atoms with Crippen LogP contribution < -0.4 is 10.6 Å². The largest absolute Gasteiger partial charge is 0.510 e. The number of carbonyl (C=O) groups excluding carboxylic acids is 2. The first-order valence-corrected chi connectivity index (χ1v) is 15.9.